The van der Waals surface area contributed by atoms with Crippen LogP contribution in [0.2, 0.25) is 0 Å². The van der Waals surface area contributed by atoms with Crippen LogP contribution in [0.15, 0.2) is 42.7 Å². The Balaban J connectivity index is 1.95. The van der Waals surface area contributed by atoms with Gasteiger partial charge in [-0.1, -0.05) is 18.2 Å². The van der Waals surface area contributed by atoms with E-state index in [2.05, 4.69) is 6.07 Å². The summed E-state index contributed by atoms with van der Waals surface area (Å²) in [7, 11) is 1.64. The van der Waals surface area contributed by atoms with Gasteiger partial charge >= 0.3 is 0 Å². The van der Waals surface area contributed by atoms with Crippen LogP contribution < -0.4 is 0 Å². The van der Waals surface area contributed by atoms with Crippen molar-refractivity contribution in [3.05, 3.63) is 53.9 Å². The number of allylic oxidation sites excluding steroid dienone is 1. The number of pyridine rings is 1. The molecule has 4 heteroatoms. The van der Waals surface area contributed by atoms with E-state index in [1.807, 2.05) is 30.3 Å². The van der Waals surface area contributed by atoms with E-state index in [-0.39, 0.29) is 0 Å². The molecule has 2 aliphatic heterocycles. The molecular formula is C16H15NO3. The molecule has 0 amide bonds. The van der Waals surface area contributed by atoms with Gasteiger partial charge in [0.25, 0.3) is 5.79 Å². The fourth-order valence-electron chi connectivity index (χ4n) is 2.90. The first-order valence-corrected chi connectivity index (χ1v) is 6.76. The fourth-order valence-corrected chi connectivity index (χ4v) is 2.90. The normalized spacial score (nSPS) is 27.8. The quantitative estimate of drug-likeness (QED) is 0.795. The molecular weight excluding hydrogens is 254 g/mol. The number of nitrogens with zero attached hydrogens (tertiary/aromatic N) is 1. The second-order valence-corrected chi connectivity index (χ2v) is 5.09. The van der Waals surface area contributed by atoms with Crippen molar-refractivity contribution in [2.75, 3.05) is 7.11 Å². The third kappa shape index (κ3) is 1.58. The van der Waals surface area contributed by atoms with E-state index in [4.69, 9.17) is 19.2 Å². The average molecular weight is 269 g/mol. The first-order valence-electron chi connectivity index (χ1n) is 6.76. The highest BCUT2D eigenvalue weighted by molar-refractivity contribution is 5.79. The van der Waals surface area contributed by atoms with E-state index in [1.54, 1.807) is 13.4 Å². The van der Waals surface area contributed by atoms with Gasteiger partial charge in [-0.3, -0.25) is 0 Å². The first kappa shape index (κ1) is 11.9. The van der Waals surface area contributed by atoms with Gasteiger partial charge in [-0.2, -0.15) is 0 Å². The van der Waals surface area contributed by atoms with Gasteiger partial charge in [-0.25, -0.2) is 4.98 Å². The number of hydrogen-bond acceptors (Lipinski definition) is 4. The molecule has 0 aliphatic carbocycles. The number of ether oxygens (including phenoxy) is 3. The summed E-state index contributed by atoms with van der Waals surface area (Å²) in [5, 5.41) is 1.08. The summed E-state index contributed by atoms with van der Waals surface area (Å²) in [5.74, 6) is -0.797. The smallest absolute Gasteiger partial charge is 0.256 e. The van der Waals surface area contributed by atoms with Crippen molar-refractivity contribution >= 4 is 10.9 Å². The van der Waals surface area contributed by atoms with Crippen LogP contribution >= 0.6 is 0 Å². The highest BCUT2D eigenvalue weighted by atomic mass is 16.8. The van der Waals surface area contributed by atoms with Crippen molar-refractivity contribution < 1.29 is 14.2 Å². The Morgan fingerprint density at radius 2 is 2.25 bits per heavy atom. The molecule has 2 atom stereocenters. The minimum Gasteiger partial charge on any atom is -0.464 e. The Morgan fingerprint density at radius 1 is 1.35 bits per heavy atom. The number of hydrogen-bond donors (Lipinski definition) is 0. The zero-order chi connectivity index (χ0) is 13.6. The van der Waals surface area contributed by atoms with Crippen LogP contribution in [0.4, 0.5) is 0 Å². The van der Waals surface area contributed by atoms with Gasteiger partial charge in [0.15, 0.2) is 6.29 Å². The summed E-state index contributed by atoms with van der Waals surface area (Å²) < 4.78 is 17.3. The highest BCUT2D eigenvalue weighted by Crippen LogP contribution is 2.48. The summed E-state index contributed by atoms with van der Waals surface area (Å²) in [6, 6.07) is 10.1. The van der Waals surface area contributed by atoms with Crippen LogP contribution in [-0.4, -0.2) is 12.1 Å². The molecule has 0 N–H and O–H groups in total. The maximum absolute atomic E-state index is 6.02. The van der Waals surface area contributed by atoms with Crippen LogP contribution in [0.1, 0.15) is 30.4 Å². The van der Waals surface area contributed by atoms with Gasteiger partial charge in [0.05, 0.1) is 11.8 Å². The van der Waals surface area contributed by atoms with Crippen LogP contribution in [0.3, 0.4) is 0 Å². The number of rotatable bonds is 1. The maximum atomic E-state index is 6.02. The molecule has 1 aromatic heterocycles. The summed E-state index contributed by atoms with van der Waals surface area (Å²) in [5.41, 5.74) is 2.75. The molecule has 1 spiro atoms. The highest BCUT2D eigenvalue weighted by Gasteiger charge is 2.49. The molecule has 0 fully saturated rings. The van der Waals surface area contributed by atoms with Gasteiger partial charge in [0.1, 0.15) is 5.69 Å². The lowest BCUT2D eigenvalue weighted by Gasteiger charge is -2.30. The van der Waals surface area contributed by atoms with E-state index >= 15 is 0 Å². The predicted octanol–water partition coefficient (Wildman–Crippen LogP) is 3.39. The van der Waals surface area contributed by atoms with Crippen molar-refractivity contribution in [2.45, 2.75) is 24.9 Å². The zero-order valence-electron chi connectivity index (χ0n) is 11.2. The van der Waals surface area contributed by atoms with Crippen LogP contribution in [0.25, 0.3) is 10.9 Å². The molecule has 4 nitrogen and oxygen atoms in total. The van der Waals surface area contributed by atoms with Crippen molar-refractivity contribution in [1.82, 2.24) is 4.98 Å². The summed E-state index contributed by atoms with van der Waals surface area (Å²) >= 11 is 0. The SMILES string of the molecule is CO[C@H]1O[C@@]2(CCC=CO2)c2nc3ccccc3cc21. The molecule has 2 aromatic rings. The Labute approximate surface area is 117 Å². The number of methoxy groups -OCH3 is 1. The fraction of sp³-hybridized carbons (Fsp3) is 0.312. The molecule has 0 radical (unpaired) electrons. The number of benzene rings is 1. The van der Waals surface area contributed by atoms with Crippen molar-refractivity contribution in [1.29, 1.82) is 0 Å². The van der Waals surface area contributed by atoms with Crippen molar-refractivity contribution in [3.63, 3.8) is 0 Å². The largest absolute Gasteiger partial charge is 0.464 e. The molecule has 0 bridgehead atoms. The zero-order valence-corrected chi connectivity index (χ0v) is 11.2. The topological polar surface area (TPSA) is 40.6 Å². The molecule has 1 aromatic carbocycles. The summed E-state index contributed by atoms with van der Waals surface area (Å²) in [6.45, 7) is 0. The summed E-state index contributed by atoms with van der Waals surface area (Å²) in [4.78, 5) is 4.77. The Bertz CT molecular complexity index is 697. The van der Waals surface area contributed by atoms with Crippen LogP contribution in [-0.2, 0) is 20.0 Å². The molecule has 4 rings (SSSR count). The van der Waals surface area contributed by atoms with Gasteiger partial charge in [0, 0.05) is 24.5 Å². The third-order valence-corrected chi connectivity index (χ3v) is 3.87. The van der Waals surface area contributed by atoms with Crippen molar-refractivity contribution in [2.24, 2.45) is 0 Å². The van der Waals surface area contributed by atoms with E-state index < -0.39 is 12.1 Å². The van der Waals surface area contributed by atoms with E-state index in [9.17, 15) is 0 Å². The molecule has 20 heavy (non-hydrogen) atoms. The van der Waals surface area contributed by atoms with Crippen LogP contribution in [0, 0.1) is 0 Å². The average Bonchev–Trinajstić information content (AvgIpc) is 2.79. The molecule has 102 valence electrons. The monoisotopic (exact) mass is 269 g/mol. The predicted molar refractivity (Wildman–Crippen MR) is 73.7 cm³/mol. The van der Waals surface area contributed by atoms with E-state index in [1.165, 1.54) is 0 Å². The van der Waals surface area contributed by atoms with Gasteiger partial charge in [-0.05, 0) is 24.6 Å². The molecule has 0 saturated carbocycles. The molecule has 0 unspecified atom stereocenters. The van der Waals surface area contributed by atoms with Gasteiger partial charge in [-0.15, -0.1) is 0 Å². The lowest BCUT2D eigenvalue weighted by molar-refractivity contribution is -0.286. The minimum absolute atomic E-state index is 0.423. The first-order chi connectivity index (χ1) is 9.82. The standard InChI is InChI=1S/C16H15NO3/c1-18-15-12-10-11-6-2-3-7-13(11)17-14(12)16(20-15)8-4-5-9-19-16/h2-3,5-7,9-10,15H,4,8H2,1H3/t15-,16-/m0/s1. The second-order valence-electron chi connectivity index (χ2n) is 5.09. The Morgan fingerprint density at radius 3 is 3.05 bits per heavy atom. The van der Waals surface area contributed by atoms with E-state index in [0.717, 1.165) is 35.0 Å². The lowest BCUT2D eigenvalue weighted by Crippen LogP contribution is -2.30. The summed E-state index contributed by atoms with van der Waals surface area (Å²) in [6.07, 6.45) is 4.93. The molecule has 3 heterocycles. The van der Waals surface area contributed by atoms with Gasteiger partial charge in [0.2, 0.25) is 0 Å². The van der Waals surface area contributed by atoms with E-state index in [0.29, 0.717) is 0 Å². The number of aromatic nitrogens is 1. The third-order valence-electron chi connectivity index (χ3n) is 3.87. The number of fused-ring (bicyclic) bond motifs is 3. The lowest BCUT2D eigenvalue weighted by atomic mass is 10.0. The molecule has 2 aliphatic rings. The van der Waals surface area contributed by atoms with Gasteiger partial charge < -0.3 is 14.2 Å². The maximum Gasteiger partial charge on any atom is 0.256 e. The Hall–Kier alpha value is -1.91. The van der Waals surface area contributed by atoms with Crippen molar-refractivity contribution in [3.8, 4) is 0 Å². The molecule has 0 saturated heterocycles. The van der Waals surface area contributed by atoms with Crippen LogP contribution in [0.5, 0.6) is 0 Å². The second kappa shape index (κ2) is 4.30. The number of para-hydroxylation sites is 1. The minimum atomic E-state index is -0.797. The Kier molecular flexibility index (Phi) is 2.55.